The molecule has 0 aliphatic carbocycles. The molecule has 0 atom stereocenters. The number of likely N-dealkylation sites (N-methyl/N-ethyl adjacent to an activating group) is 1. The Hall–Kier alpha value is -1.40. The third-order valence-corrected chi connectivity index (χ3v) is 3.09. The van der Waals surface area contributed by atoms with Crippen LogP contribution in [0.4, 0.5) is 11.8 Å². The summed E-state index contributed by atoms with van der Waals surface area (Å²) in [5, 5.41) is 6.58. The quantitative estimate of drug-likeness (QED) is 0.681. The van der Waals surface area contributed by atoms with Crippen molar-refractivity contribution in [2.24, 2.45) is 0 Å². The highest BCUT2D eigenvalue weighted by Crippen LogP contribution is 2.19. The van der Waals surface area contributed by atoms with Gasteiger partial charge in [-0.05, 0) is 7.05 Å². The fourth-order valence-corrected chi connectivity index (χ4v) is 1.91. The first kappa shape index (κ1) is 13.0. The van der Waals surface area contributed by atoms with Gasteiger partial charge in [0.1, 0.15) is 5.82 Å². The van der Waals surface area contributed by atoms with Gasteiger partial charge in [0, 0.05) is 37.8 Å². The number of hydrogen-bond donors (Lipinski definition) is 3. The van der Waals surface area contributed by atoms with Crippen molar-refractivity contribution in [3.05, 3.63) is 11.8 Å². The Morgan fingerprint density at radius 3 is 2.78 bits per heavy atom. The molecular weight excluding hydrogens is 228 g/mol. The maximum atomic E-state index is 5.76. The van der Waals surface area contributed by atoms with Crippen LogP contribution < -0.4 is 21.3 Å². The van der Waals surface area contributed by atoms with Crippen LogP contribution in [0.2, 0.25) is 0 Å². The molecule has 0 bridgehead atoms. The van der Waals surface area contributed by atoms with Gasteiger partial charge in [-0.3, -0.25) is 0 Å². The second-order valence-electron chi connectivity index (χ2n) is 5.00. The average molecular weight is 250 g/mol. The Morgan fingerprint density at radius 1 is 1.44 bits per heavy atom. The highest BCUT2D eigenvalue weighted by atomic mass is 15.3. The third kappa shape index (κ3) is 3.08. The van der Waals surface area contributed by atoms with Gasteiger partial charge < -0.3 is 21.3 Å². The molecule has 1 aliphatic rings. The molecule has 1 fully saturated rings. The summed E-state index contributed by atoms with van der Waals surface area (Å²) in [7, 11) is 1.98. The molecule has 100 valence electrons. The van der Waals surface area contributed by atoms with Crippen molar-refractivity contribution in [2.45, 2.75) is 32.5 Å². The van der Waals surface area contributed by atoms with Gasteiger partial charge in [-0.1, -0.05) is 13.8 Å². The van der Waals surface area contributed by atoms with Crippen LogP contribution in [0.5, 0.6) is 0 Å². The van der Waals surface area contributed by atoms with Crippen LogP contribution in [-0.4, -0.2) is 42.2 Å². The number of nitrogens with two attached hydrogens (primary N) is 1. The normalized spacial score (nSPS) is 16.1. The lowest BCUT2D eigenvalue weighted by Crippen LogP contribution is -2.57. The van der Waals surface area contributed by atoms with Crippen LogP contribution >= 0.6 is 0 Å². The largest absolute Gasteiger partial charge is 0.368 e. The molecule has 1 aromatic heterocycles. The third-order valence-electron chi connectivity index (χ3n) is 3.09. The molecule has 0 saturated carbocycles. The predicted molar refractivity (Wildman–Crippen MR) is 73.5 cm³/mol. The molecule has 6 heteroatoms. The molecule has 2 heterocycles. The number of anilines is 2. The van der Waals surface area contributed by atoms with E-state index in [2.05, 4.69) is 39.3 Å². The number of aromatic nitrogens is 2. The van der Waals surface area contributed by atoms with E-state index in [-0.39, 0.29) is 0 Å². The first-order valence-corrected chi connectivity index (χ1v) is 6.37. The monoisotopic (exact) mass is 250 g/mol. The molecule has 18 heavy (non-hydrogen) atoms. The van der Waals surface area contributed by atoms with Crippen molar-refractivity contribution in [1.82, 2.24) is 20.6 Å². The molecule has 0 spiro atoms. The zero-order valence-electron chi connectivity index (χ0n) is 11.3. The van der Waals surface area contributed by atoms with Crippen molar-refractivity contribution >= 4 is 11.8 Å². The molecular formula is C12H22N6. The van der Waals surface area contributed by atoms with Gasteiger partial charge in [0.2, 0.25) is 5.95 Å². The summed E-state index contributed by atoms with van der Waals surface area (Å²) in [6.45, 7) is 6.89. The summed E-state index contributed by atoms with van der Waals surface area (Å²) in [4.78, 5) is 10.7. The molecule has 0 unspecified atom stereocenters. The first-order chi connectivity index (χ1) is 8.58. The Labute approximate surface area is 108 Å². The Balaban J connectivity index is 2.03. The second-order valence-corrected chi connectivity index (χ2v) is 5.00. The van der Waals surface area contributed by atoms with E-state index in [0.717, 1.165) is 31.1 Å². The fraction of sp³-hybridized carbons (Fsp3) is 0.667. The van der Waals surface area contributed by atoms with Crippen LogP contribution in [0, 0.1) is 0 Å². The van der Waals surface area contributed by atoms with E-state index >= 15 is 0 Å². The smallest absolute Gasteiger partial charge is 0.222 e. The van der Waals surface area contributed by atoms with Crippen molar-refractivity contribution in [3.63, 3.8) is 0 Å². The highest BCUT2D eigenvalue weighted by Gasteiger charge is 2.26. The van der Waals surface area contributed by atoms with Crippen LogP contribution in [0.3, 0.4) is 0 Å². The summed E-state index contributed by atoms with van der Waals surface area (Å²) in [6, 6.07) is 3.00. The summed E-state index contributed by atoms with van der Waals surface area (Å²) >= 11 is 0. The minimum atomic E-state index is 0.348. The van der Waals surface area contributed by atoms with E-state index in [1.807, 2.05) is 13.1 Å². The van der Waals surface area contributed by atoms with Crippen molar-refractivity contribution in [3.8, 4) is 0 Å². The van der Waals surface area contributed by atoms with Gasteiger partial charge in [0.25, 0.3) is 0 Å². The lowest BCUT2D eigenvalue weighted by molar-refractivity contribution is 0.447. The molecule has 6 nitrogen and oxygen atoms in total. The van der Waals surface area contributed by atoms with Gasteiger partial charge in [-0.25, -0.2) is 4.98 Å². The lowest BCUT2D eigenvalue weighted by atomic mass is 10.1. The summed E-state index contributed by atoms with van der Waals surface area (Å²) in [5.41, 5.74) is 6.70. The number of nitrogen functional groups attached to an aromatic ring is 1. The van der Waals surface area contributed by atoms with Crippen LogP contribution in [0.15, 0.2) is 6.07 Å². The van der Waals surface area contributed by atoms with Gasteiger partial charge >= 0.3 is 0 Å². The van der Waals surface area contributed by atoms with Gasteiger partial charge in [-0.15, -0.1) is 0 Å². The van der Waals surface area contributed by atoms with E-state index < -0.39 is 0 Å². The minimum absolute atomic E-state index is 0.348. The van der Waals surface area contributed by atoms with Crippen molar-refractivity contribution in [2.75, 3.05) is 30.8 Å². The van der Waals surface area contributed by atoms with Gasteiger partial charge in [0.05, 0.1) is 5.69 Å². The Morgan fingerprint density at radius 2 is 2.17 bits per heavy atom. The van der Waals surface area contributed by atoms with E-state index in [1.165, 1.54) is 0 Å². The van der Waals surface area contributed by atoms with Crippen LogP contribution in [0.25, 0.3) is 0 Å². The molecule has 1 aliphatic heterocycles. The van der Waals surface area contributed by atoms with E-state index in [4.69, 9.17) is 5.73 Å². The SMILES string of the molecule is CNC1CN(c2cc(CNC(C)C)nc(N)n2)C1. The Bertz CT molecular complexity index is 400. The predicted octanol–water partition coefficient (Wildman–Crippen LogP) is -0.0352. The van der Waals surface area contributed by atoms with Crippen LogP contribution in [0.1, 0.15) is 19.5 Å². The van der Waals surface area contributed by atoms with Gasteiger partial charge in [-0.2, -0.15) is 4.98 Å². The number of rotatable bonds is 5. The van der Waals surface area contributed by atoms with E-state index in [0.29, 0.717) is 18.0 Å². The molecule has 1 saturated heterocycles. The molecule has 0 amide bonds. The lowest BCUT2D eigenvalue weighted by Gasteiger charge is -2.40. The first-order valence-electron chi connectivity index (χ1n) is 6.37. The summed E-state index contributed by atoms with van der Waals surface area (Å²) in [5.74, 6) is 1.27. The highest BCUT2D eigenvalue weighted by molar-refractivity contribution is 5.46. The molecule has 0 aromatic carbocycles. The minimum Gasteiger partial charge on any atom is -0.368 e. The standard InChI is InChI=1S/C12H22N6/c1-8(2)15-5-9-4-11(17-12(13)16-9)18-6-10(7-18)14-3/h4,8,10,14-15H,5-7H2,1-3H3,(H2,13,16,17). The topological polar surface area (TPSA) is 79.1 Å². The fourth-order valence-electron chi connectivity index (χ4n) is 1.91. The number of nitrogens with one attached hydrogen (secondary N) is 2. The van der Waals surface area contributed by atoms with Gasteiger partial charge in [0.15, 0.2) is 0 Å². The molecule has 1 aromatic rings. The summed E-state index contributed by atoms with van der Waals surface area (Å²) < 4.78 is 0. The zero-order valence-corrected chi connectivity index (χ0v) is 11.3. The molecule has 0 radical (unpaired) electrons. The van der Waals surface area contributed by atoms with Crippen LogP contribution in [-0.2, 0) is 6.54 Å². The van der Waals surface area contributed by atoms with E-state index in [9.17, 15) is 0 Å². The molecule has 4 N–H and O–H groups in total. The maximum Gasteiger partial charge on any atom is 0.222 e. The average Bonchev–Trinajstić information content (AvgIpc) is 2.24. The maximum absolute atomic E-state index is 5.76. The van der Waals surface area contributed by atoms with Crippen molar-refractivity contribution < 1.29 is 0 Å². The second kappa shape index (κ2) is 5.49. The summed E-state index contributed by atoms with van der Waals surface area (Å²) in [6.07, 6.45) is 0. The number of hydrogen-bond acceptors (Lipinski definition) is 6. The number of nitrogens with zero attached hydrogens (tertiary/aromatic N) is 3. The molecule has 2 rings (SSSR count). The van der Waals surface area contributed by atoms with Crippen molar-refractivity contribution in [1.29, 1.82) is 0 Å². The Kier molecular flexibility index (Phi) is 3.98. The zero-order chi connectivity index (χ0) is 13.1. The van der Waals surface area contributed by atoms with E-state index in [1.54, 1.807) is 0 Å².